The van der Waals surface area contributed by atoms with Crippen LogP contribution < -0.4 is 5.32 Å². The number of ether oxygens (including phenoxy) is 1. The van der Waals surface area contributed by atoms with E-state index in [-0.39, 0.29) is 5.60 Å². The molecule has 2 aromatic heterocycles. The van der Waals surface area contributed by atoms with Crippen molar-refractivity contribution >= 4 is 28.1 Å². The Morgan fingerprint density at radius 3 is 3.22 bits per heavy atom. The Hall–Kier alpha value is -1.21. The number of pyridine rings is 1. The van der Waals surface area contributed by atoms with Gasteiger partial charge in [0, 0.05) is 43.0 Å². The summed E-state index contributed by atoms with van der Waals surface area (Å²) in [6, 6.07) is 2.07. The third-order valence-electron chi connectivity index (χ3n) is 4.67. The molecule has 0 bridgehead atoms. The van der Waals surface area contributed by atoms with Crippen molar-refractivity contribution < 1.29 is 4.74 Å². The van der Waals surface area contributed by atoms with E-state index < -0.39 is 0 Å². The first kappa shape index (κ1) is 15.3. The van der Waals surface area contributed by atoms with Gasteiger partial charge in [0.1, 0.15) is 10.8 Å². The third kappa shape index (κ3) is 2.74. The average Bonchev–Trinajstić information content (AvgIpc) is 3.14. The SMILES string of the molecule is CNc1ncc(CN2CCCC3(C2)OCc2c3ccnc2Cl)s1. The zero-order chi connectivity index (χ0) is 15.9. The van der Waals surface area contributed by atoms with Crippen LogP contribution >= 0.6 is 22.9 Å². The van der Waals surface area contributed by atoms with Crippen molar-refractivity contribution in [3.8, 4) is 0 Å². The predicted octanol–water partition coefficient (Wildman–Crippen LogP) is 3.25. The molecule has 1 atom stereocenters. The number of thiazole rings is 1. The van der Waals surface area contributed by atoms with E-state index in [0.717, 1.165) is 43.2 Å². The summed E-state index contributed by atoms with van der Waals surface area (Å²) in [6.07, 6.45) is 5.92. The van der Waals surface area contributed by atoms with E-state index in [1.807, 2.05) is 13.2 Å². The fraction of sp³-hybridized carbons (Fsp3) is 0.500. The van der Waals surface area contributed by atoms with Gasteiger partial charge >= 0.3 is 0 Å². The first-order valence-corrected chi connectivity index (χ1v) is 9.02. The van der Waals surface area contributed by atoms with Crippen LogP contribution in [0, 0.1) is 0 Å². The van der Waals surface area contributed by atoms with Gasteiger partial charge in [-0.25, -0.2) is 9.97 Å². The second-order valence-electron chi connectivity index (χ2n) is 6.11. The largest absolute Gasteiger partial charge is 0.365 e. The molecule has 2 aliphatic heterocycles. The molecule has 1 unspecified atom stereocenters. The normalized spacial score (nSPS) is 24.1. The summed E-state index contributed by atoms with van der Waals surface area (Å²) in [5.74, 6) is 0. The molecule has 4 rings (SSSR count). The van der Waals surface area contributed by atoms with Crippen LogP contribution in [0.1, 0.15) is 28.8 Å². The van der Waals surface area contributed by atoms with Crippen molar-refractivity contribution in [1.82, 2.24) is 14.9 Å². The number of hydrogen-bond acceptors (Lipinski definition) is 6. The maximum Gasteiger partial charge on any atom is 0.182 e. The number of nitrogens with one attached hydrogen (secondary N) is 1. The minimum atomic E-state index is -0.226. The highest BCUT2D eigenvalue weighted by Gasteiger charge is 2.44. The molecule has 0 aromatic carbocycles. The molecule has 1 spiro atoms. The molecule has 5 nitrogen and oxygen atoms in total. The van der Waals surface area contributed by atoms with E-state index >= 15 is 0 Å². The topological polar surface area (TPSA) is 50.3 Å². The molecular formula is C16H19ClN4OS. The number of fused-ring (bicyclic) bond motifs is 2. The van der Waals surface area contributed by atoms with Crippen LogP contribution in [-0.2, 0) is 23.5 Å². The molecule has 4 heterocycles. The number of halogens is 1. The number of anilines is 1. The van der Waals surface area contributed by atoms with Crippen LogP contribution in [0.2, 0.25) is 5.15 Å². The zero-order valence-electron chi connectivity index (χ0n) is 13.0. The van der Waals surface area contributed by atoms with Crippen LogP contribution in [0.15, 0.2) is 18.5 Å². The summed E-state index contributed by atoms with van der Waals surface area (Å²) in [5, 5.41) is 4.64. The minimum absolute atomic E-state index is 0.226. The standard InChI is InChI=1S/C16H19ClN4OS/c1-18-15-20-7-11(23-15)8-21-6-2-4-16(10-21)13-3-5-19-14(17)12(13)9-22-16/h3,5,7H,2,4,6,8-10H2,1H3,(H,18,20). The van der Waals surface area contributed by atoms with Crippen LogP contribution in [0.3, 0.4) is 0 Å². The molecule has 1 fully saturated rings. The lowest BCUT2D eigenvalue weighted by Crippen LogP contribution is -2.45. The monoisotopic (exact) mass is 350 g/mol. The lowest BCUT2D eigenvalue weighted by molar-refractivity contribution is -0.0870. The lowest BCUT2D eigenvalue weighted by atomic mass is 9.85. The quantitative estimate of drug-likeness (QED) is 0.861. The fourth-order valence-electron chi connectivity index (χ4n) is 3.62. The van der Waals surface area contributed by atoms with Crippen molar-refractivity contribution in [2.45, 2.75) is 31.6 Å². The van der Waals surface area contributed by atoms with Crippen LogP contribution in [0.4, 0.5) is 5.13 Å². The summed E-state index contributed by atoms with van der Waals surface area (Å²) < 4.78 is 6.24. The molecule has 0 amide bonds. The number of aromatic nitrogens is 2. The van der Waals surface area contributed by atoms with Gasteiger partial charge in [0.15, 0.2) is 5.13 Å². The molecule has 7 heteroatoms. The van der Waals surface area contributed by atoms with Crippen LogP contribution in [-0.4, -0.2) is 35.0 Å². The Morgan fingerprint density at radius 1 is 1.48 bits per heavy atom. The van der Waals surface area contributed by atoms with Gasteiger partial charge in [-0.2, -0.15) is 0 Å². The van der Waals surface area contributed by atoms with Gasteiger partial charge in [-0.3, -0.25) is 4.90 Å². The summed E-state index contributed by atoms with van der Waals surface area (Å²) in [5.41, 5.74) is 2.06. The molecule has 23 heavy (non-hydrogen) atoms. The summed E-state index contributed by atoms with van der Waals surface area (Å²) >= 11 is 7.95. The highest BCUT2D eigenvalue weighted by molar-refractivity contribution is 7.15. The summed E-state index contributed by atoms with van der Waals surface area (Å²) in [7, 11) is 1.90. The Kier molecular flexibility index (Phi) is 4.01. The van der Waals surface area contributed by atoms with E-state index in [1.165, 1.54) is 10.4 Å². The highest BCUT2D eigenvalue weighted by atomic mass is 35.5. The molecule has 0 radical (unpaired) electrons. The Labute approximate surface area is 144 Å². The maximum absolute atomic E-state index is 6.24. The highest BCUT2D eigenvalue weighted by Crippen LogP contribution is 2.44. The van der Waals surface area contributed by atoms with E-state index in [4.69, 9.17) is 16.3 Å². The van der Waals surface area contributed by atoms with Gasteiger partial charge in [0.2, 0.25) is 0 Å². The lowest BCUT2D eigenvalue weighted by Gasteiger charge is -2.40. The Bertz CT molecular complexity index is 722. The smallest absolute Gasteiger partial charge is 0.182 e. The van der Waals surface area contributed by atoms with Crippen molar-refractivity contribution in [2.75, 3.05) is 25.5 Å². The molecular weight excluding hydrogens is 332 g/mol. The molecule has 2 aliphatic rings. The first-order chi connectivity index (χ1) is 11.2. The van der Waals surface area contributed by atoms with Crippen molar-refractivity contribution in [1.29, 1.82) is 0 Å². The van der Waals surface area contributed by atoms with E-state index in [0.29, 0.717) is 11.8 Å². The number of hydrogen-bond donors (Lipinski definition) is 1. The van der Waals surface area contributed by atoms with E-state index in [2.05, 4.69) is 26.3 Å². The van der Waals surface area contributed by atoms with Gasteiger partial charge in [-0.1, -0.05) is 11.6 Å². The summed E-state index contributed by atoms with van der Waals surface area (Å²) in [4.78, 5) is 12.3. The predicted molar refractivity (Wildman–Crippen MR) is 91.9 cm³/mol. The third-order valence-corrected chi connectivity index (χ3v) is 5.99. The summed E-state index contributed by atoms with van der Waals surface area (Å²) in [6.45, 7) is 3.47. The van der Waals surface area contributed by atoms with Crippen molar-refractivity contribution in [3.63, 3.8) is 0 Å². The van der Waals surface area contributed by atoms with Gasteiger partial charge < -0.3 is 10.1 Å². The van der Waals surface area contributed by atoms with Gasteiger partial charge in [0.05, 0.1) is 6.61 Å². The molecule has 1 saturated heterocycles. The van der Waals surface area contributed by atoms with Crippen molar-refractivity contribution in [3.05, 3.63) is 39.6 Å². The molecule has 1 N–H and O–H groups in total. The van der Waals surface area contributed by atoms with Gasteiger partial charge in [-0.05, 0) is 31.0 Å². The van der Waals surface area contributed by atoms with Gasteiger partial charge in [0.25, 0.3) is 0 Å². The number of piperidine rings is 1. The first-order valence-electron chi connectivity index (χ1n) is 7.83. The second-order valence-corrected chi connectivity index (χ2v) is 7.58. The number of rotatable bonds is 3. The maximum atomic E-state index is 6.24. The molecule has 0 saturated carbocycles. The van der Waals surface area contributed by atoms with E-state index in [1.54, 1.807) is 17.5 Å². The van der Waals surface area contributed by atoms with Gasteiger partial charge in [-0.15, -0.1) is 11.3 Å². The van der Waals surface area contributed by atoms with Crippen LogP contribution in [0.25, 0.3) is 0 Å². The minimum Gasteiger partial charge on any atom is -0.365 e. The second kappa shape index (κ2) is 6.02. The van der Waals surface area contributed by atoms with E-state index in [9.17, 15) is 0 Å². The molecule has 0 aliphatic carbocycles. The average molecular weight is 351 g/mol. The zero-order valence-corrected chi connectivity index (χ0v) is 14.6. The number of nitrogens with zero attached hydrogens (tertiary/aromatic N) is 3. The molecule has 2 aromatic rings. The fourth-order valence-corrected chi connectivity index (χ4v) is 4.64. The van der Waals surface area contributed by atoms with Crippen LogP contribution in [0.5, 0.6) is 0 Å². The molecule has 122 valence electrons. The Balaban J connectivity index is 1.55. The Morgan fingerprint density at radius 2 is 2.39 bits per heavy atom. The van der Waals surface area contributed by atoms with Crippen molar-refractivity contribution in [2.24, 2.45) is 0 Å². The number of likely N-dealkylation sites (tertiary alicyclic amines) is 1.